The summed E-state index contributed by atoms with van der Waals surface area (Å²) in [5, 5.41) is 18.0. The third-order valence-corrected chi connectivity index (χ3v) is 2.06. The first kappa shape index (κ1) is 7.08. The molecule has 2 atom stereocenters. The van der Waals surface area contributed by atoms with Crippen molar-refractivity contribution in [2.24, 2.45) is 10.3 Å². The predicted octanol–water partition coefficient (Wildman–Crippen LogP) is 0.249. The standard InChI is InChI=1S/C6H8N4O2/c11-5(12)8-4-3-6(4)1-2-7-10-9-6/h1-2,4,8H,3H2,(H,7,9)(H,11,12)/t4-,6-/m1/s1. The lowest BCUT2D eigenvalue weighted by Gasteiger charge is -2.12. The van der Waals surface area contributed by atoms with Crippen LogP contribution in [-0.2, 0) is 0 Å². The molecule has 1 spiro atoms. The van der Waals surface area contributed by atoms with Crippen LogP contribution >= 0.6 is 0 Å². The zero-order chi connectivity index (χ0) is 8.60. The quantitative estimate of drug-likeness (QED) is 0.524. The second-order valence-corrected chi connectivity index (χ2v) is 2.89. The zero-order valence-corrected chi connectivity index (χ0v) is 6.19. The van der Waals surface area contributed by atoms with Crippen LogP contribution in [0.4, 0.5) is 4.79 Å². The van der Waals surface area contributed by atoms with E-state index in [-0.39, 0.29) is 11.6 Å². The van der Waals surface area contributed by atoms with Gasteiger partial charge in [0, 0.05) is 12.6 Å². The van der Waals surface area contributed by atoms with Gasteiger partial charge in [-0.05, 0) is 6.08 Å². The van der Waals surface area contributed by atoms with Gasteiger partial charge in [0.25, 0.3) is 0 Å². The molecule has 1 aliphatic carbocycles. The Hall–Kier alpha value is -1.59. The third-order valence-electron chi connectivity index (χ3n) is 2.06. The molecule has 0 aromatic rings. The Morgan fingerprint density at radius 2 is 2.67 bits per heavy atom. The average molecular weight is 168 g/mol. The summed E-state index contributed by atoms with van der Waals surface area (Å²) in [6.45, 7) is 0. The van der Waals surface area contributed by atoms with E-state index in [0.29, 0.717) is 0 Å². The van der Waals surface area contributed by atoms with Crippen LogP contribution in [0, 0.1) is 0 Å². The Labute approximate surface area is 68.3 Å². The van der Waals surface area contributed by atoms with Gasteiger partial charge in [0.1, 0.15) is 0 Å². The summed E-state index contributed by atoms with van der Waals surface area (Å²) in [6.07, 6.45) is 3.12. The van der Waals surface area contributed by atoms with Gasteiger partial charge in [-0.1, -0.05) is 5.22 Å². The van der Waals surface area contributed by atoms with E-state index in [9.17, 15) is 4.79 Å². The van der Waals surface area contributed by atoms with Crippen molar-refractivity contribution < 1.29 is 9.90 Å². The number of amides is 1. The molecule has 0 saturated heterocycles. The number of nitrogens with one attached hydrogen (secondary N) is 2. The highest BCUT2D eigenvalue weighted by molar-refractivity contribution is 5.66. The molecule has 0 bridgehead atoms. The molecule has 3 N–H and O–H groups in total. The van der Waals surface area contributed by atoms with Crippen LogP contribution in [0.15, 0.2) is 22.6 Å². The highest BCUT2D eigenvalue weighted by Crippen LogP contribution is 2.38. The van der Waals surface area contributed by atoms with Gasteiger partial charge in [-0.15, -0.1) is 5.11 Å². The van der Waals surface area contributed by atoms with Crippen molar-refractivity contribution >= 4 is 6.09 Å². The minimum absolute atomic E-state index is 0.0782. The van der Waals surface area contributed by atoms with Gasteiger partial charge in [0.2, 0.25) is 0 Å². The van der Waals surface area contributed by atoms with E-state index < -0.39 is 6.09 Å². The van der Waals surface area contributed by atoms with E-state index in [1.165, 1.54) is 0 Å². The van der Waals surface area contributed by atoms with Crippen LogP contribution in [0.5, 0.6) is 0 Å². The third kappa shape index (κ3) is 1.01. The van der Waals surface area contributed by atoms with E-state index in [1.807, 2.05) is 6.08 Å². The predicted molar refractivity (Wildman–Crippen MR) is 39.4 cm³/mol. The fraction of sp³-hybridized carbons (Fsp3) is 0.500. The molecule has 1 saturated carbocycles. The largest absolute Gasteiger partial charge is 0.465 e. The van der Waals surface area contributed by atoms with Crippen molar-refractivity contribution in [3.05, 3.63) is 12.3 Å². The monoisotopic (exact) mass is 168 g/mol. The smallest absolute Gasteiger partial charge is 0.404 e. The minimum atomic E-state index is -1.01. The first-order chi connectivity index (χ1) is 5.73. The molecule has 0 aromatic carbocycles. The maximum absolute atomic E-state index is 10.3. The Bertz CT molecular complexity index is 275. The normalized spacial score (nSPS) is 36.2. The molecule has 1 fully saturated rings. The van der Waals surface area contributed by atoms with Crippen molar-refractivity contribution in [2.45, 2.75) is 18.0 Å². The van der Waals surface area contributed by atoms with Gasteiger partial charge in [-0.3, -0.25) is 5.43 Å². The molecule has 1 amide bonds. The van der Waals surface area contributed by atoms with Gasteiger partial charge < -0.3 is 10.4 Å². The van der Waals surface area contributed by atoms with Crippen molar-refractivity contribution in [1.82, 2.24) is 10.7 Å². The molecule has 2 aliphatic rings. The van der Waals surface area contributed by atoms with Gasteiger partial charge in [0.15, 0.2) is 0 Å². The average Bonchev–Trinajstić information content (AvgIpc) is 2.63. The highest BCUT2D eigenvalue weighted by atomic mass is 16.4. The molecular weight excluding hydrogens is 160 g/mol. The van der Waals surface area contributed by atoms with Crippen LogP contribution in [0.25, 0.3) is 0 Å². The lowest BCUT2D eigenvalue weighted by Crippen LogP contribution is -2.37. The lowest BCUT2D eigenvalue weighted by atomic mass is 10.2. The summed E-state index contributed by atoms with van der Waals surface area (Å²) < 4.78 is 0. The fourth-order valence-electron chi connectivity index (χ4n) is 1.27. The molecule has 0 radical (unpaired) electrons. The SMILES string of the molecule is O=C(O)N[C@@H]1C[C@]12C=CN=NN2. The number of nitrogens with zero attached hydrogens (tertiary/aromatic N) is 2. The topological polar surface area (TPSA) is 86.1 Å². The second kappa shape index (κ2) is 2.20. The zero-order valence-electron chi connectivity index (χ0n) is 6.19. The van der Waals surface area contributed by atoms with E-state index in [4.69, 9.17) is 5.11 Å². The first-order valence-electron chi connectivity index (χ1n) is 3.57. The van der Waals surface area contributed by atoms with Gasteiger partial charge in [0.05, 0.1) is 11.6 Å². The maximum atomic E-state index is 10.3. The highest BCUT2D eigenvalue weighted by Gasteiger charge is 2.54. The minimum Gasteiger partial charge on any atom is -0.465 e. The van der Waals surface area contributed by atoms with Crippen LogP contribution < -0.4 is 10.7 Å². The van der Waals surface area contributed by atoms with Crippen LogP contribution in [0.2, 0.25) is 0 Å². The van der Waals surface area contributed by atoms with Crippen molar-refractivity contribution in [1.29, 1.82) is 0 Å². The van der Waals surface area contributed by atoms with Gasteiger partial charge >= 0.3 is 6.09 Å². The molecular formula is C6H8N4O2. The summed E-state index contributed by atoms with van der Waals surface area (Å²) in [6, 6.07) is -0.0782. The second-order valence-electron chi connectivity index (χ2n) is 2.89. The number of hydrogen-bond acceptors (Lipinski definition) is 4. The van der Waals surface area contributed by atoms with Gasteiger partial charge in [-0.2, -0.15) is 0 Å². The number of carboxylic acid groups (broad SMARTS) is 1. The number of rotatable bonds is 1. The summed E-state index contributed by atoms with van der Waals surface area (Å²) in [5.41, 5.74) is 2.47. The fourth-order valence-corrected chi connectivity index (χ4v) is 1.27. The molecule has 2 rings (SSSR count). The molecule has 64 valence electrons. The van der Waals surface area contributed by atoms with Gasteiger partial charge in [-0.25, -0.2) is 4.79 Å². The van der Waals surface area contributed by atoms with E-state index in [0.717, 1.165) is 6.42 Å². The molecule has 6 nitrogen and oxygen atoms in total. The summed E-state index contributed by atoms with van der Waals surface area (Å²) >= 11 is 0. The Morgan fingerprint density at radius 3 is 3.25 bits per heavy atom. The lowest BCUT2D eigenvalue weighted by molar-refractivity contribution is 0.193. The molecule has 0 aromatic heterocycles. The molecule has 6 heteroatoms. The molecule has 12 heavy (non-hydrogen) atoms. The Balaban J connectivity index is 1.97. The van der Waals surface area contributed by atoms with Crippen molar-refractivity contribution in [3.63, 3.8) is 0 Å². The van der Waals surface area contributed by atoms with Crippen molar-refractivity contribution in [2.75, 3.05) is 0 Å². The van der Waals surface area contributed by atoms with Crippen LogP contribution in [0.3, 0.4) is 0 Å². The Kier molecular flexibility index (Phi) is 1.30. The van der Waals surface area contributed by atoms with Crippen LogP contribution in [-0.4, -0.2) is 22.8 Å². The summed E-state index contributed by atoms with van der Waals surface area (Å²) in [7, 11) is 0. The first-order valence-corrected chi connectivity index (χ1v) is 3.57. The molecule has 1 heterocycles. The van der Waals surface area contributed by atoms with E-state index in [1.54, 1.807) is 6.20 Å². The van der Waals surface area contributed by atoms with E-state index in [2.05, 4.69) is 21.1 Å². The maximum Gasteiger partial charge on any atom is 0.404 e. The summed E-state index contributed by atoms with van der Waals surface area (Å²) in [5.74, 6) is 0. The van der Waals surface area contributed by atoms with Crippen molar-refractivity contribution in [3.8, 4) is 0 Å². The number of hydrogen-bond donors (Lipinski definition) is 3. The molecule has 0 unspecified atom stereocenters. The number of carbonyl (C=O) groups is 1. The Morgan fingerprint density at radius 1 is 1.83 bits per heavy atom. The van der Waals surface area contributed by atoms with Crippen LogP contribution in [0.1, 0.15) is 6.42 Å². The molecule has 1 aliphatic heterocycles. The summed E-state index contributed by atoms with van der Waals surface area (Å²) in [4.78, 5) is 10.3. The van der Waals surface area contributed by atoms with E-state index >= 15 is 0 Å².